The number of carboxylic acid groups (broad SMARTS) is 2. The third kappa shape index (κ3) is 2.33. The van der Waals surface area contributed by atoms with Gasteiger partial charge in [-0.05, 0) is 31.0 Å². The number of ether oxygens (including phenoxy) is 2. The minimum atomic E-state index is -1.60. The van der Waals surface area contributed by atoms with Gasteiger partial charge in [0, 0.05) is 15.5 Å². The van der Waals surface area contributed by atoms with Crippen molar-refractivity contribution in [2.75, 3.05) is 19.8 Å². The largest absolute Gasteiger partial charge is 0.493 e. The van der Waals surface area contributed by atoms with Crippen LogP contribution in [-0.4, -0.2) is 53.0 Å². The van der Waals surface area contributed by atoms with Crippen molar-refractivity contribution < 1.29 is 29.3 Å². The van der Waals surface area contributed by atoms with Gasteiger partial charge < -0.3 is 19.7 Å². The zero-order valence-electron chi connectivity index (χ0n) is 13.1. The Labute approximate surface area is 151 Å². The van der Waals surface area contributed by atoms with Crippen molar-refractivity contribution in [3.05, 3.63) is 28.2 Å². The Hall–Kier alpha value is -2.13. The van der Waals surface area contributed by atoms with E-state index in [0.717, 1.165) is 22.9 Å². The number of hydrogen-bond acceptors (Lipinski definition) is 5. The Bertz CT molecular complexity index is 792. The highest BCUT2D eigenvalue weighted by Crippen LogP contribution is 2.64. The van der Waals surface area contributed by atoms with Crippen LogP contribution < -0.4 is 4.74 Å². The molecule has 0 radical (unpaired) electrons. The molecule has 2 N–H and O–H groups in total. The van der Waals surface area contributed by atoms with Crippen molar-refractivity contribution in [3.8, 4) is 5.75 Å². The molecule has 1 aromatic carbocycles. The highest BCUT2D eigenvalue weighted by molar-refractivity contribution is 9.10. The molecule has 25 heavy (non-hydrogen) atoms. The third-order valence-electron chi connectivity index (χ3n) is 5.12. The number of rotatable bonds is 0. The predicted molar refractivity (Wildman–Crippen MR) is 89.1 cm³/mol. The monoisotopic (exact) mass is 410 g/mol. The van der Waals surface area contributed by atoms with Gasteiger partial charge in [0.25, 0.3) is 0 Å². The summed E-state index contributed by atoms with van der Waals surface area (Å²) in [5.74, 6) is 0.539. The van der Waals surface area contributed by atoms with E-state index < -0.39 is 17.7 Å². The van der Waals surface area contributed by atoms with E-state index in [1.807, 2.05) is 18.2 Å². The van der Waals surface area contributed by atoms with Crippen LogP contribution in [0.15, 0.2) is 27.7 Å². The molecule has 1 fully saturated rings. The molecule has 0 saturated heterocycles. The average Bonchev–Trinajstić information content (AvgIpc) is 3.33. The van der Waals surface area contributed by atoms with E-state index in [0.29, 0.717) is 12.4 Å². The molecule has 2 aliphatic heterocycles. The number of nitrogens with zero attached hydrogens (tertiary/aromatic N) is 2. The molecule has 0 bridgehead atoms. The first kappa shape index (κ1) is 16.3. The lowest BCUT2D eigenvalue weighted by Crippen LogP contribution is -2.53. The molecule has 132 valence electrons. The molecular formula is C16H15BrN2O6. The normalized spacial score (nSPS) is 25.7. The van der Waals surface area contributed by atoms with Crippen molar-refractivity contribution in [2.24, 2.45) is 10.4 Å². The van der Waals surface area contributed by atoms with Crippen LogP contribution in [0.25, 0.3) is 0 Å². The van der Waals surface area contributed by atoms with Crippen LogP contribution in [0, 0.1) is 5.41 Å². The van der Waals surface area contributed by atoms with Gasteiger partial charge in [0.2, 0.25) is 0 Å². The number of imide groups is 1. The molecule has 2 amide bonds. The molecule has 2 spiro atoms. The molecule has 1 aliphatic carbocycles. The number of halogens is 1. The fraction of sp³-hybridized carbons (Fsp3) is 0.438. The number of carbonyl (C=O) groups is 2. The number of fused-ring (bicyclic) bond motifs is 3. The lowest BCUT2D eigenvalue weighted by molar-refractivity contribution is 0.0144. The minimum absolute atomic E-state index is 0.120. The van der Waals surface area contributed by atoms with Gasteiger partial charge >= 0.3 is 12.2 Å². The zero-order chi connectivity index (χ0) is 17.8. The van der Waals surface area contributed by atoms with Gasteiger partial charge in [0.15, 0.2) is 0 Å². The Morgan fingerprint density at radius 1 is 1.20 bits per heavy atom. The highest BCUT2D eigenvalue weighted by Gasteiger charge is 2.65. The quantitative estimate of drug-likeness (QED) is 0.680. The molecule has 4 rings (SSSR count). The molecule has 0 aromatic heterocycles. The summed E-state index contributed by atoms with van der Waals surface area (Å²) >= 11 is 3.45. The van der Waals surface area contributed by atoms with Crippen molar-refractivity contribution >= 4 is 34.0 Å². The molecule has 2 heterocycles. The van der Waals surface area contributed by atoms with Gasteiger partial charge in [0.1, 0.15) is 23.7 Å². The number of benzene rings is 1. The molecule has 8 nitrogen and oxygen atoms in total. The molecule has 1 aromatic rings. The summed E-state index contributed by atoms with van der Waals surface area (Å²) in [5, 5.41) is 18.5. The highest BCUT2D eigenvalue weighted by atomic mass is 79.9. The molecule has 3 aliphatic rings. The summed E-state index contributed by atoms with van der Waals surface area (Å²) < 4.78 is 12.4. The minimum Gasteiger partial charge on any atom is -0.493 e. The third-order valence-corrected chi connectivity index (χ3v) is 5.62. The Balaban J connectivity index is 1.90. The Morgan fingerprint density at radius 3 is 2.56 bits per heavy atom. The topological polar surface area (TPSA) is 109 Å². The molecule has 1 unspecified atom stereocenters. The van der Waals surface area contributed by atoms with Crippen LogP contribution in [-0.2, 0) is 10.3 Å². The van der Waals surface area contributed by atoms with E-state index in [2.05, 4.69) is 20.9 Å². The second-order valence-corrected chi connectivity index (χ2v) is 7.41. The number of aliphatic imine (C=N–C) groups is 1. The van der Waals surface area contributed by atoms with E-state index in [1.165, 1.54) is 0 Å². The van der Waals surface area contributed by atoms with Crippen LogP contribution >= 0.6 is 15.9 Å². The maximum atomic E-state index is 11.4. The van der Waals surface area contributed by atoms with Crippen LogP contribution in [0.5, 0.6) is 5.75 Å². The number of hydrogen-bond donors (Lipinski definition) is 2. The van der Waals surface area contributed by atoms with E-state index >= 15 is 0 Å². The lowest BCUT2D eigenvalue weighted by Gasteiger charge is -2.45. The zero-order valence-corrected chi connectivity index (χ0v) is 14.7. The van der Waals surface area contributed by atoms with Gasteiger partial charge in [-0.15, -0.1) is 0 Å². The van der Waals surface area contributed by atoms with Gasteiger partial charge in [-0.1, -0.05) is 15.9 Å². The van der Waals surface area contributed by atoms with Crippen LogP contribution in [0.2, 0.25) is 0 Å². The summed E-state index contributed by atoms with van der Waals surface area (Å²) in [6.45, 7) is 0.541. The van der Waals surface area contributed by atoms with Gasteiger partial charge in [-0.2, -0.15) is 4.90 Å². The Kier molecular flexibility index (Phi) is 3.55. The van der Waals surface area contributed by atoms with Crippen LogP contribution in [0.4, 0.5) is 9.59 Å². The average molecular weight is 411 g/mol. The first-order valence-corrected chi connectivity index (χ1v) is 8.53. The van der Waals surface area contributed by atoms with Crippen molar-refractivity contribution in [1.29, 1.82) is 0 Å². The summed E-state index contributed by atoms with van der Waals surface area (Å²) in [6.07, 6.45) is -1.48. The van der Waals surface area contributed by atoms with Crippen LogP contribution in [0.3, 0.4) is 0 Å². The van der Waals surface area contributed by atoms with Crippen molar-refractivity contribution in [3.63, 3.8) is 0 Å². The van der Waals surface area contributed by atoms with E-state index in [1.54, 1.807) is 0 Å². The molecule has 1 saturated carbocycles. The van der Waals surface area contributed by atoms with Crippen molar-refractivity contribution in [1.82, 2.24) is 4.90 Å². The van der Waals surface area contributed by atoms with E-state index in [-0.39, 0.29) is 29.4 Å². The van der Waals surface area contributed by atoms with Gasteiger partial charge in [0.05, 0.1) is 13.2 Å². The van der Waals surface area contributed by atoms with Gasteiger partial charge in [-0.25, -0.2) is 9.59 Å². The van der Waals surface area contributed by atoms with E-state index in [9.17, 15) is 19.8 Å². The fourth-order valence-corrected chi connectivity index (χ4v) is 4.04. The first-order valence-electron chi connectivity index (χ1n) is 7.74. The first-order chi connectivity index (χ1) is 11.9. The second kappa shape index (κ2) is 5.43. The van der Waals surface area contributed by atoms with Gasteiger partial charge in [-0.3, -0.25) is 4.99 Å². The smallest absolute Gasteiger partial charge is 0.422 e. The molecular weight excluding hydrogens is 396 g/mol. The maximum absolute atomic E-state index is 11.4. The summed E-state index contributed by atoms with van der Waals surface area (Å²) in [4.78, 5) is 27.6. The molecule has 1 atom stereocenters. The summed E-state index contributed by atoms with van der Waals surface area (Å²) in [5.41, 5.74) is -0.352. The number of amides is 2. The SMILES string of the molecule is O=C(O)N(C(=O)O)C1=NC2(COC1)c1cc(Br)ccc1OCC21CC1. The summed E-state index contributed by atoms with van der Waals surface area (Å²) in [6, 6.07) is 5.56. The Morgan fingerprint density at radius 2 is 1.92 bits per heavy atom. The van der Waals surface area contributed by atoms with Crippen molar-refractivity contribution in [2.45, 2.75) is 18.4 Å². The predicted octanol–water partition coefficient (Wildman–Crippen LogP) is 2.90. The standard InChI is InChI=1S/C16H15BrN2O6/c17-9-1-2-11-10(5-9)16(15(3-4-15)7-25-11)8-24-6-12(18-16)19(13(20)21)14(22)23/h1-2,5H,3-4,6-8H2,(H,20,21)(H,22,23). The summed E-state index contributed by atoms with van der Waals surface area (Å²) in [7, 11) is 0. The van der Waals surface area contributed by atoms with E-state index in [4.69, 9.17) is 9.47 Å². The molecule has 9 heteroatoms. The fourth-order valence-electron chi connectivity index (χ4n) is 3.68. The lowest BCUT2D eigenvalue weighted by atomic mass is 9.74. The van der Waals surface area contributed by atoms with Crippen LogP contribution in [0.1, 0.15) is 18.4 Å². The second-order valence-electron chi connectivity index (χ2n) is 6.49. The maximum Gasteiger partial charge on any atom is 0.422 e. The number of amidine groups is 1.